The lowest BCUT2D eigenvalue weighted by molar-refractivity contribution is 0.0996. The minimum Gasteiger partial charge on any atom is -0.324 e. The molecule has 0 aromatic heterocycles. The summed E-state index contributed by atoms with van der Waals surface area (Å²) in [5.41, 5.74) is 4.73. The van der Waals surface area contributed by atoms with Gasteiger partial charge in [0.1, 0.15) is 0 Å². The lowest BCUT2D eigenvalue weighted by atomic mass is 10.1. The third-order valence-corrected chi connectivity index (χ3v) is 2.35. The first-order valence-electron chi connectivity index (χ1n) is 3.44. The third kappa shape index (κ3) is 2.61. The van der Waals surface area contributed by atoms with Crippen molar-refractivity contribution in [2.24, 2.45) is 5.73 Å². The molecule has 0 atom stereocenters. The molecule has 0 aliphatic rings. The van der Waals surface area contributed by atoms with E-state index in [1.807, 2.05) is 0 Å². The largest absolute Gasteiger partial charge is 0.324 e. The predicted octanol–water partition coefficient (Wildman–Crippen LogP) is 2.13. The minimum atomic E-state index is -1.12. The van der Waals surface area contributed by atoms with Gasteiger partial charge in [-0.1, -0.05) is 0 Å². The van der Waals surface area contributed by atoms with Crippen LogP contribution in [0.3, 0.4) is 0 Å². The van der Waals surface area contributed by atoms with Gasteiger partial charge in [-0.05, 0) is 34.7 Å². The van der Waals surface area contributed by atoms with Gasteiger partial charge < -0.3 is 5.73 Å². The fraction of sp³-hybridized carbons (Fsp3) is 0.125. The van der Waals surface area contributed by atoms with E-state index >= 15 is 0 Å². The molecule has 0 heterocycles. The Hall–Kier alpha value is -0.270. The molecule has 0 fully saturated rings. The number of hydrogen-bond donors (Lipinski definition) is 1. The number of nitrogens with two attached hydrogens (primary N) is 1. The van der Waals surface area contributed by atoms with Gasteiger partial charge in [0.2, 0.25) is 0 Å². The summed E-state index contributed by atoms with van der Waals surface area (Å²) in [5.74, 6) is -2.73. The van der Waals surface area contributed by atoms with E-state index in [4.69, 9.17) is 5.73 Å². The molecule has 0 saturated carbocycles. The van der Waals surface area contributed by atoms with Gasteiger partial charge in [-0.25, -0.2) is 8.78 Å². The molecule has 1 aromatic rings. The first-order valence-corrected chi connectivity index (χ1v) is 4.52. The van der Waals surface area contributed by atoms with Crippen LogP contribution in [0.15, 0.2) is 12.1 Å². The Kier molecular flexibility index (Phi) is 5.46. The van der Waals surface area contributed by atoms with Crippen LogP contribution in [-0.2, 0) is 0 Å². The number of carbonyl (C=O) groups is 1. The van der Waals surface area contributed by atoms with Crippen molar-refractivity contribution >= 4 is 40.8 Å². The molecule has 78 valence electrons. The maximum atomic E-state index is 13.0. The molecule has 1 aromatic carbocycles. The Balaban J connectivity index is 0.00000169. The molecule has 0 unspecified atom stereocenters. The van der Waals surface area contributed by atoms with Gasteiger partial charge in [0.05, 0.1) is 15.7 Å². The molecule has 0 bridgehead atoms. The molecule has 14 heavy (non-hydrogen) atoms. The van der Waals surface area contributed by atoms with Crippen LogP contribution in [0.25, 0.3) is 0 Å². The highest BCUT2D eigenvalue weighted by molar-refractivity contribution is 14.1. The molecule has 0 radical (unpaired) electrons. The molecule has 0 amide bonds. The normalized spacial score (nSPS) is 9.43. The number of rotatable bonds is 2. The summed E-state index contributed by atoms with van der Waals surface area (Å²) in [6.45, 7) is -0.322. The summed E-state index contributed by atoms with van der Waals surface area (Å²) < 4.78 is 26.1. The van der Waals surface area contributed by atoms with Crippen molar-refractivity contribution in [1.82, 2.24) is 0 Å². The van der Waals surface area contributed by atoms with Crippen LogP contribution in [0.4, 0.5) is 8.78 Å². The smallest absolute Gasteiger partial charge is 0.179 e. The number of benzene rings is 1. The number of ketones is 1. The topological polar surface area (TPSA) is 43.1 Å². The minimum absolute atomic E-state index is 0. The average Bonchev–Trinajstić information content (AvgIpc) is 2.13. The number of hydrogen-bond acceptors (Lipinski definition) is 2. The molecule has 6 heteroatoms. The maximum absolute atomic E-state index is 13.0. The molecular formula is C8H7ClF2INO. The zero-order valence-corrected chi connectivity index (χ0v) is 9.86. The van der Waals surface area contributed by atoms with Crippen molar-refractivity contribution in [3.63, 3.8) is 0 Å². The van der Waals surface area contributed by atoms with Crippen LogP contribution in [0, 0.1) is 15.2 Å². The predicted molar refractivity (Wildman–Crippen MR) is 59.7 cm³/mol. The first kappa shape index (κ1) is 13.7. The van der Waals surface area contributed by atoms with E-state index in [-0.39, 0.29) is 28.1 Å². The maximum Gasteiger partial charge on any atom is 0.179 e. The van der Waals surface area contributed by atoms with Crippen LogP contribution < -0.4 is 5.73 Å². The van der Waals surface area contributed by atoms with Crippen molar-refractivity contribution in [3.05, 3.63) is 32.9 Å². The highest BCUT2D eigenvalue weighted by atomic mass is 127. The fourth-order valence-corrected chi connectivity index (χ4v) is 1.27. The van der Waals surface area contributed by atoms with Crippen LogP contribution in [0.5, 0.6) is 0 Å². The Bertz CT molecular complexity index is 359. The van der Waals surface area contributed by atoms with Crippen molar-refractivity contribution in [1.29, 1.82) is 0 Å². The van der Waals surface area contributed by atoms with Gasteiger partial charge in [0, 0.05) is 0 Å². The van der Waals surface area contributed by atoms with Crippen molar-refractivity contribution in [2.45, 2.75) is 0 Å². The lowest BCUT2D eigenvalue weighted by Crippen LogP contribution is -2.16. The van der Waals surface area contributed by atoms with E-state index in [1.54, 1.807) is 22.6 Å². The quantitative estimate of drug-likeness (QED) is 0.512. The second-order valence-corrected chi connectivity index (χ2v) is 3.51. The third-order valence-electron chi connectivity index (χ3n) is 1.52. The van der Waals surface area contributed by atoms with Crippen LogP contribution in [-0.4, -0.2) is 12.3 Å². The number of halogens is 4. The van der Waals surface area contributed by atoms with E-state index in [0.717, 1.165) is 0 Å². The molecule has 2 N–H and O–H groups in total. The van der Waals surface area contributed by atoms with E-state index in [1.165, 1.54) is 12.1 Å². The second kappa shape index (κ2) is 5.57. The lowest BCUT2D eigenvalue weighted by Gasteiger charge is -2.02. The van der Waals surface area contributed by atoms with Gasteiger partial charge >= 0.3 is 0 Å². The summed E-state index contributed by atoms with van der Waals surface area (Å²) in [6, 6.07) is 2.57. The van der Waals surface area contributed by atoms with Gasteiger partial charge in [-0.3, -0.25) is 4.79 Å². The zero-order chi connectivity index (χ0) is 10.0. The Morgan fingerprint density at radius 1 is 1.36 bits per heavy atom. The van der Waals surface area contributed by atoms with Crippen LogP contribution in [0.1, 0.15) is 10.4 Å². The van der Waals surface area contributed by atoms with E-state index in [0.29, 0.717) is 0 Å². The summed E-state index contributed by atoms with van der Waals surface area (Å²) in [5, 5.41) is 0. The zero-order valence-electron chi connectivity index (χ0n) is 6.89. The van der Waals surface area contributed by atoms with Crippen molar-refractivity contribution < 1.29 is 13.6 Å². The van der Waals surface area contributed by atoms with Gasteiger partial charge in [0.25, 0.3) is 0 Å². The Morgan fingerprint density at radius 2 is 1.93 bits per heavy atom. The standard InChI is InChI=1S/C8H6F2INO.ClH/c9-7-4(6(13)3-12)1-2-5(11)8(7)10;/h1-2H,3,12H2;1H. The molecular weight excluding hydrogens is 326 g/mol. The highest BCUT2D eigenvalue weighted by Gasteiger charge is 2.15. The Morgan fingerprint density at radius 3 is 2.43 bits per heavy atom. The summed E-state index contributed by atoms with van der Waals surface area (Å²) in [4.78, 5) is 11.0. The van der Waals surface area contributed by atoms with Gasteiger partial charge in [-0.2, -0.15) is 0 Å². The first-order chi connectivity index (χ1) is 6.07. The molecule has 0 aliphatic heterocycles. The fourth-order valence-electron chi connectivity index (χ4n) is 0.851. The number of Topliss-reactive ketones (excluding diaryl/α,β-unsaturated/α-hetero) is 1. The summed E-state index contributed by atoms with van der Waals surface area (Å²) in [6.07, 6.45) is 0. The number of carbonyl (C=O) groups excluding carboxylic acids is 1. The summed E-state index contributed by atoms with van der Waals surface area (Å²) >= 11 is 1.64. The monoisotopic (exact) mass is 333 g/mol. The van der Waals surface area contributed by atoms with Gasteiger partial charge in [-0.15, -0.1) is 12.4 Å². The molecule has 0 saturated heterocycles. The molecule has 0 spiro atoms. The average molecular weight is 334 g/mol. The van der Waals surface area contributed by atoms with E-state index in [9.17, 15) is 13.6 Å². The van der Waals surface area contributed by atoms with Crippen LogP contribution >= 0.6 is 35.0 Å². The SMILES string of the molecule is Cl.NCC(=O)c1ccc(I)c(F)c1F. The van der Waals surface area contributed by atoms with Crippen LogP contribution in [0.2, 0.25) is 0 Å². The molecule has 2 nitrogen and oxygen atoms in total. The van der Waals surface area contributed by atoms with Crippen molar-refractivity contribution in [3.8, 4) is 0 Å². The molecule has 0 aliphatic carbocycles. The van der Waals surface area contributed by atoms with Gasteiger partial charge in [0.15, 0.2) is 17.4 Å². The second-order valence-electron chi connectivity index (χ2n) is 2.35. The van der Waals surface area contributed by atoms with E-state index in [2.05, 4.69) is 0 Å². The van der Waals surface area contributed by atoms with Crippen molar-refractivity contribution in [2.75, 3.05) is 6.54 Å². The summed E-state index contributed by atoms with van der Waals surface area (Å²) in [7, 11) is 0. The van der Waals surface area contributed by atoms with E-state index < -0.39 is 17.4 Å². The Labute approximate surface area is 99.4 Å². The highest BCUT2D eigenvalue weighted by Crippen LogP contribution is 2.17. The molecule has 1 rings (SSSR count).